The third kappa shape index (κ3) is 20.6. The van der Waals surface area contributed by atoms with Crippen LogP contribution < -0.4 is 0 Å². The minimum absolute atomic E-state index is 0.0421. The fraction of sp³-hybridized carbons (Fsp3) is 0.605. The van der Waals surface area contributed by atoms with E-state index in [9.17, 15) is 47.9 Å². The van der Waals surface area contributed by atoms with Gasteiger partial charge in [0.05, 0.1) is 61.0 Å². The summed E-state index contributed by atoms with van der Waals surface area (Å²) in [6, 6.07) is 0. The van der Waals surface area contributed by atoms with Crippen molar-refractivity contribution in [3.8, 4) is 0 Å². The van der Waals surface area contributed by atoms with Crippen molar-refractivity contribution in [3.63, 3.8) is 0 Å². The van der Waals surface area contributed by atoms with Crippen LogP contribution in [0.15, 0.2) is 128 Å². The van der Waals surface area contributed by atoms with Crippen LogP contribution in [-0.4, -0.2) is 121 Å². The van der Waals surface area contributed by atoms with Gasteiger partial charge in [-0.1, -0.05) is 71.9 Å². The predicted octanol–water partition coefficient (Wildman–Crippen LogP) is 15.0. The second kappa shape index (κ2) is 34.7. The van der Waals surface area contributed by atoms with Crippen molar-refractivity contribution in [3.05, 3.63) is 128 Å². The number of ether oxygens (including phenoxy) is 10. The normalized spacial score (nSPS) is 18.6. The molecule has 0 aromatic carbocycles. The Morgan fingerprint density at radius 3 is 0.406 bits per heavy atom. The number of allylic oxidation sites excluding steroid dienone is 22. The smallest absolute Gasteiger partial charge is 0.324 e. The third-order valence-electron chi connectivity index (χ3n) is 17.2. The first-order valence-electron chi connectivity index (χ1n) is 35.6. The van der Waals surface area contributed by atoms with Crippen LogP contribution in [0.2, 0.25) is 0 Å². The van der Waals surface area contributed by atoms with E-state index in [4.69, 9.17) is 47.4 Å². The summed E-state index contributed by atoms with van der Waals surface area (Å²) in [6.07, 6.45) is 9.68. The molecule has 0 spiro atoms. The Balaban J connectivity index is 1.90. The van der Waals surface area contributed by atoms with Crippen LogP contribution in [0.4, 0.5) is 0 Å². The van der Waals surface area contributed by atoms with Crippen LogP contribution in [0.3, 0.4) is 0 Å². The predicted molar refractivity (Wildman–Crippen MR) is 381 cm³/mol. The molecule has 0 amide bonds. The highest BCUT2D eigenvalue weighted by Gasteiger charge is 2.59. The van der Waals surface area contributed by atoms with Crippen LogP contribution in [0, 0.1) is 27.1 Å². The Morgan fingerprint density at radius 1 is 0.208 bits per heavy atom. The van der Waals surface area contributed by atoms with E-state index in [1.807, 2.05) is 39.8 Å². The second-order valence-corrected chi connectivity index (χ2v) is 30.7. The molecule has 0 bridgehead atoms. The summed E-state index contributed by atoms with van der Waals surface area (Å²) < 4.78 is 58.4. The maximum Gasteiger partial charge on any atom is 0.324 e. The number of carbonyl (C=O) groups excluding carboxylic acids is 10. The highest BCUT2D eigenvalue weighted by atomic mass is 16.6. The van der Waals surface area contributed by atoms with Crippen molar-refractivity contribution in [2.45, 2.75) is 291 Å². The Hall–Kier alpha value is -8.16. The standard InChI is InChI=1S/C81H112O20/c1-45(2)33-65-43-80(73(88)98-53(17)18,74(89)99-54(19)20)41-63(65)31-29-61-39-78(69(84)94-49(9)10,70(85)95-50(11)12)37-59(61)27-25-57-35-77(67(82)92-47(5)6,68(83)93-48(7)8)36-58(57)26-28-60-38-79(71(86)96-51(13)14,72(87)97-52(15)16)40-62(60)30-32-64-42-81(75(90)100-55(21)22,76(91)101-56(23)24)44-66(64)34-46(3)4/h25-34,47-56H,35-44H2,1-24H3/b27-25+,28-26+,31-29+,32-30+. The van der Waals surface area contributed by atoms with E-state index in [0.717, 1.165) is 11.1 Å². The van der Waals surface area contributed by atoms with Gasteiger partial charge in [0, 0.05) is 0 Å². The summed E-state index contributed by atoms with van der Waals surface area (Å²) in [4.78, 5) is 145. The van der Waals surface area contributed by atoms with Crippen LogP contribution in [0.1, 0.15) is 230 Å². The molecule has 5 aliphatic carbocycles. The van der Waals surface area contributed by atoms with Gasteiger partial charge in [0.15, 0.2) is 27.1 Å². The topological polar surface area (TPSA) is 263 Å². The average molecular weight is 1410 g/mol. The zero-order chi connectivity index (χ0) is 76.2. The zero-order valence-electron chi connectivity index (χ0n) is 64.3. The lowest BCUT2D eigenvalue weighted by molar-refractivity contribution is -0.178. The molecule has 101 heavy (non-hydrogen) atoms. The molecule has 0 aromatic rings. The van der Waals surface area contributed by atoms with Crippen molar-refractivity contribution >= 4 is 59.7 Å². The minimum atomic E-state index is -1.97. The van der Waals surface area contributed by atoms with Gasteiger partial charge in [0.25, 0.3) is 0 Å². The number of esters is 10. The molecule has 0 radical (unpaired) electrons. The zero-order valence-corrected chi connectivity index (χ0v) is 64.3. The summed E-state index contributed by atoms with van der Waals surface area (Å²) in [5, 5.41) is 0. The number of hydrogen-bond acceptors (Lipinski definition) is 20. The molecule has 0 atom stereocenters. The Bertz CT molecular complexity index is 3240. The van der Waals surface area contributed by atoms with Gasteiger partial charge in [-0.3, -0.25) is 47.9 Å². The monoisotopic (exact) mass is 1400 g/mol. The second-order valence-electron chi connectivity index (χ2n) is 30.7. The van der Waals surface area contributed by atoms with Crippen LogP contribution in [0.5, 0.6) is 0 Å². The summed E-state index contributed by atoms with van der Waals surface area (Å²) in [7, 11) is 0. The molecule has 20 nitrogen and oxygen atoms in total. The van der Waals surface area contributed by atoms with Gasteiger partial charge in [0.1, 0.15) is 0 Å². The van der Waals surface area contributed by atoms with E-state index < -0.39 is 148 Å². The van der Waals surface area contributed by atoms with E-state index in [1.165, 1.54) is 0 Å². The fourth-order valence-corrected chi connectivity index (χ4v) is 12.9. The van der Waals surface area contributed by atoms with Gasteiger partial charge in [-0.2, -0.15) is 0 Å². The van der Waals surface area contributed by atoms with Crippen molar-refractivity contribution in [2.24, 2.45) is 27.1 Å². The largest absolute Gasteiger partial charge is 0.462 e. The van der Waals surface area contributed by atoms with Gasteiger partial charge in [-0.25, -0.2) is 0 Å². The van der Waals surface area contributed by atoms with E-state index in [-0.39, 0.29) is 64.2 Å². The first-order chi connectivity index (χ1) is 46.9. The van der Waals surface area contributed by atoms with Gasteiger partial charge >= 0.3 is 59.7 Å². The van der Waals surface area contributed by atoms with Crippen molar-refractivity contribution in [1.82, 2.24) is 0 Å². The Labute approximate surface area is 598 Å². The maximum absolute atomic E-state index is 14.8. The molecule has 0 N–H and O–H groups in total. The first-order valence-corrected chi connectivity index (χ1v) is 35.6. The van der Waals surface area contributed by atoms with Crippen molar-refractivity contribution < 1.29 is 95.3 Å². The molecule has 0 heterocycles. The molecule has 0 aromatic heterocycles. The van der Waals surface area contributed by atoms with E-state index >= 15 is 0 Å². The minimum Gasteiger partial charge on any atom is -0.462 e. The summed E-state index contributed by atoms with van der Waals surface area (Å²) in [6.45, 7) is 41.1. The molecule has 0 fully saturated rings. The van der Waals surface area contributed by atoms with Gasteiger partial charge in [0.2, 0.25) is 0 Å². The van der Waals surface area contributed by atoms with E-state index in [1.54, 1.807) is 187 Å². The lowest BCUT2D eigenvalue weighted by atomic mass is 9.82. The van der Waals surface area contributed by atoms with Gasteiger partial charge in [-0.15, -0.1) is 0 Å². The van der Waals surface area contributed by atoms with Crippen molar-refractivity contribution in [2.75, 3.05) is 0 Å². The molecule has 556 valence electrons. The Morgan fingerprint density at radius 2 is 0.307 bits per heavy atom. The van der Waals surface area contributed by atoms with Crippen LogP contribution in [-0.2, 0) is 95.3 Å². The molecule has 20 heteroatoms. The maximum atomic E-state index is 14.8. The van der Waals surface area contributed by atoms with Crippen molar-refractivity contribution in [1.29, 1.82) is 0 Å². The Kier molecular flexibility index (Phi) is 28.7. The average Bonchev–Trinajstić information content (AvgIpc) is 1.64. The molecular formula is C81H112O20. The number of rotatable bonds is 30. The molecule has 0 saturated carbocycles. The van der Waals surface area contributed by atoms with Gasteiger partial charge < -0.3 is 47.4 Å². The van der Waals surface area contributed by atoms with Gasteiger partial charge in [-0.05, 0) is 286 Å². The van der Waals surface area contributed by atoms with E-state index in [2.05, 4.69) is 0 Å². The molecule has 5 aliphatic rings. The first kappa shape index (κ1) is 83.5. The number of carbonyl (C=O) groups is 10. The fourth-order valence-electron chi connectivity index (χ4n) is 12.9. The van der Waals surface area contributed by atoms with Crippen LogP contribution in [0.25, 0.3) is 0 Å². The lowest BCUT2D eigenvalue weighted by Crippen LogP contribution is -2.42. The molecular weight excluding hydrogens is 1290 g/mol. The highest BCUT2D eigenvalue weighted by Crippen LogP contribution is 2.53. The SMILES string of the molecule is CC(C)=CC1=C(/C=C/C2=C(/C=C/C3=C(/C=C/C4=C(/C=C/C5=C(C=C(C)C)CC(C(=O)OC(C)C)(C(=O)OC(C)C)C5)CC(C(=O)OC(C)C)(C(=O)OC(C)C)C4)CC(C(=O)OC(C)C)(C(=O)OC(C)C)C3)CC(C(=O)OC(C)C)(C(=O)OC(C)C)C2)CC(C(=O)OC(C)C)(C(=O)OC(C)C)C1. The number of hydrogen-bond donors (Lipinski definition) is 0. The molecule has 0 unspecified atom stereocenters. The molecule has 0 saturated heterocycles. The quantitative estimate of drug-likeness (QED) is 0.0367. The molecule has 5 rings (SSSR count). The summed E-state index contributed by atoms with van der Waals surface area (Å²) in [5.74, 6) is -8.03. The van der Waals surface area contributed by atoms with E-state index in [0.29, 0.717) is 55.7 Å². The third-order valence-corrected chi connectivity index (χ3v) is 17.2. The summed E-state index contributed by atoms with van der Waals surface area (Å²) in [5.41, 5.74) is -2.38. The highest BCUT2D eigenvalue weighted by molar-refractivity contribution is 6.05. The van der Waals surface area contributed by atoms with Crippen LogP contribution >= 0.6 is 0 Å². The summed E-state index contributed by atoms with van der Waals surface area (Å²) >= 11 is 0. The lowest BCUT2D eigenvalue weighted by Gasteiger charge is -2.27. The molecule has 0 aliphatic heterocycles.